The van der Waals surface area contributed by atoms with Crippen molar-refractivity contribution in [2.75, 3.05) is 0 Å². The number of carboxylic acids is 1. The third kappa shape index (κ3) is 6.38. The second-order valence-corrected chi connectivity index (χ2v) is 6.19. The van der Waals surface area contributed by atoms with E-state index >= 15 is 0 Å². The van der Waals surface area contributed by atoms with Gasteiger partial charge in [-0.05, 0) is 36.8 Å². The van der Waals surface area contributed by atoms with Crippen LogP contribution in [-0.2, 0) is 22.6 Å². The lowest BCUT2D eigenvalue weighted by Gasteiger charge is -2.28. The molecule has 23 heavy (non-hydrogen) atoms. The Morgan fingerprint density at radius 1 is 1.26 bits per heavy atom. The highest BCUT2D eigenvalue weighted by atomic mass is 16.5. The molecule has 0 unspecified atom stereocenters. The van der Waals surface area contributed by atoms with E-state index in [0.717, 1.165) is 11.1 Å². The molecule has 1 rings (SSSR count). The molecule has 0 spiro atoms. The van der Waals surface area contributed by atoms with Crippen molar-refractivity contribution < 1.29 is 21.3 Å². The molecule has 1 amide bonds. The molecule has 0 aliphatic heterocycles. The summed E-state index contributed by atoms with van der Waals surface area (Å²) in [7, 11) is 0. The predicted molar refractivity (Wildman–Crippen MR) is 87.0 cm³/mol. The van der Waals surface area contributed by atoms with Crippen molar-refractivity contribution in [3.8, 4) is 0 Å². The summed E-state index contributed by atoms with van der Waals surface area (Å²) in [6, 6.07) is 7.47. The molecule has 0 aliphatic rings. The number of hydroxylamine groups is 1. The Kier molecular flexibility index (Phi) is 6.55. The minimum atomic E-state index is -1.24. The molecule has 1 aromatic carbocycles. The summed E-state index contributed by atoms with van der Waals surface area (Å²) in [6.45, 7) is 4.00. The molecule has 0 saturated carbocycles. The normalized spacial score (nSPS) is 14.2. The average Bonchev–Trinajstić information content (AvgIpc) is 2.56. The molecule has 0 saturated heterocycles. The Bertz CT molecular complexity index is 548. The number of nitrogens with one attached hydrogen (secondary N) is 2. The van der Waals surface area contributed by atoms with E-state index in [-0.39, 0.29) is 19.2 Å². The van der Waals surface area contributed by atoms with Gasteiger partial charge in [0.1, 0.15) is 5.54 Å². The molecule has 0 aromatic heterocycles. The van der Waals surface area contributed by atoms with Crippen molar-refractivity contribution in [1.29, 1.82) is 0 Å². The van der Waals surface area contributed by atoms with Gasteiger partial charge in [-0.3, -0.25) is 20.1 Å². The minimum absolute atomic E-state index is 0.166. The van der Waals surface area contributed by atoms with Crippen LogP contribution >= 0.6 is 0 Å². The van der Waals surface area contributed by atoms with E-state index in [4.69, 9.17) is 6.58 Å². The number of hydrogen-bond acceptors (Lipinski definition) is 4. The summed E-state index contributed by atoms with van der Waals surface area (Å²) >= 11 is 0. The molecule has 128 valence electrons. The monoisotopic (exact) mass is 323 g/mol. The predicted octanol–water partition coefficient (Wildman–Crippen LogP) is 2.10. The van der Waals surface area contributed by atoms with Crippen LogP contribution in [0.25, 0.3) is 0 Å². The van der Waals surface area contributed by atoms with Gasteiger partial charge in [-0.25, -0.2) is 5.48 Å². The molecule has 0 bridgehead atoms. The van der Waals surface area contributed by atoms with Crippen molar-refractivity contribution in [1.82, 2.24) is 10.8 Å². The van der Waals surface area contributed by atoms with Gasteiger partial charge in [0.05, 0.1) is 0 Å². The van der Waals surface area contributed by atoms with Crippen molar-refractivity contribution in [3.05, 3.63) is 35.4 Å². The first-order valence-electron chi connectivity index (χ1n) is 8.32. The van der Waals surface area contributed by atoms with Gasteiger partial charge in [0.25, 0.3) is 0 Å². The number of amides is 1. The Balaban J connectivity index is 2.68. The zero-order valence-corrected chi connectivity index (χ0v) is 13.6. The van der Waals surface area contributed by atoms with E-state index in [0.29, 0.717) is 19.4 Å². The fourth-order valence-corrected chi connectivity index (χ4v) is 2.34. The van der Waals surface area contributed by atoms with Crippen LogP contribution in [0.2, 0.25) is 0 Å². The number of benzene rings is 1. The maximum Gasteiger partial charge on any atom is 0.323 e. The van der Waals surface area contributed by atoms with Gasteiger partial charge >= 0.3 is 5.97 Å². The van der Waals surface area contributed by atoms with E-state index in [2.05, 4.69) is 5.32 Å². The molecule has 6 nitrogen and oxygen atoms in total. The van der Waals surface area contributed by atoms with E-state index in [1.54, 1.807) is 5.48 Å². The Labute approximate surface area is 138 Å². The number of aliphatic carboxylic acids is 1. The molecule has 0 heterocycles. The van der Waals surface area contributed by atoms with Gasteiger partial charge in [0, 0.05) is 14.3 Å². The molecular weight excluding hydrogens is 296 g/mol. The van der Waals surface area contributed by atoms with E-state index in [1.807, 2.05) is 38.1 Å². The highest BCUT2D eigenvalue weighted by Gasteiger charge is 2.33. The second-order valence-electron chi connectivity index (χ2n) is 6.19. The van der Waals surface area contributed by atoms with Crippen LogP contribution < -0.4 is 10.8 Å². The summed E-state index contributed by atoms with van der Waals surface area (Å²) in [4.78, 5) is 22.6. The van der Waals surface area contributed by atoms with Gasteiger partial charge in [-0.15, -0.1) is 0 Å². The fraction of sp³-hybridized carbons (Fsp3) is 0.529. The largest absolute Gasteiger partial charge is 0.480 e. The van der Waals surface area contributed by atoms with E-state index in [9.17, 15) is 14.7 Å². The number of carbonyl (C=O) groups excluding carboxylic acids is 1. The van der Waals surface area contributed by atoms with Crippen LogP contribution in [0.4, 0.5) is 0 Å². The maximum absolute atomic E-state index is 11.6. The first kappa shape index (κ1) is 17.4. The highest BCUT2D eigenvalue weighted by molar-refractivity contribution is 5.78. The summed E-state index contributed by atoms with van der Waals surface area (Å²) in [5, 5.41) is 21.0. The number of aryl methyl sites for hydroxylation is 1. The van der Waals surface area contributed by atoms with Gasteiger partial charge in [0.2, 0.25) is 5.91 Å². The zero-order chi connectivity index (χ0) is 18.2. The highest BCUT2D eigenvalue weighted by Crippen LogP contribution is 2.18. The molecular formula is C17H26N2O4. The lowest BCUT2D eigenvalue weighted by Crippen LogP contribution is -2.49. The summed E-state index contributed by atoms with van der Waals surface area (Å²) < 4.78 is 7.64. The van der Waals surface area contributed by atoms with E-state index in [1.165, 1.54) is 0 Å². The Hall–Kier alpha value is -1.92. The molecule has 0 aliphatic carbocycles. The third-order valence-corrected chi connectivity index (χ3v) is 3.59. The molecule has 0 radical (unpaired) electrons. The van der Waals surface area contributed by atoms with Crippen LogP contribution in [0.15, 0.2) is 24.3 Å². The summed E-state index contributed by atoms with van der Waals surface area (Å²) in [5.74, 6) is -1.27. The molecule has 1 atom stereocenters. The van der Waals surface area contributed by atoms with Crippen molar-refractivity contribution in [2.45, 2.75) is 52.1 Å². The standard InChI is InChI=1S/C17H26N2O4/c1-12(2)10-17(3,16(21)22)18-11-14-6-4-13(5-7-14)8-9-15(20)19-23/h4-7,12,18,23H,8-11H2,1-3H3,(H,19,20)(H,21,22)/t17-/m0/s1/i3D. The van der Waals surface area contributed by atoms with Crippen molar-refractivity contribution in [2.24, 2.45) is 5.92 Å². The van der Waals surface area contributed by atoms with Crippen LogP contribution in [0.5, 0.6) is 0 Å². The van der Waals surface area contributed by atoms with Crippen LogP contribution in [0.1, 0.15) is 46.1 Å². The lowest BCUT2D eigenvalue weighted by atomic mass is 9.90. The van der Waals surface area contributed by atoms with Gasteiger partial charge < -0.3 is 5.11 Å². The molecule has 4 N–H and O–H groups in total. The first-order chi connectivity index (χ1) is 11.3. The van der Waals surface area contributed by atoms with Gasteiger partial charge in [-0.1, -0.05) is 38.1 Å². The van der Waals surface area contributed by atoms with Gasteiger partial charge in [-0.2, -0.15) is 0 Å². The molecule has 6 heteroatoms. The number of rotatable bonds is 9. The van der Waals surface area contributed by atoms with E-state index < -0.39 is 17.4 Å². The number of carboxylic acid groups (broad SMARTS) is 1. The topological polar surface area (TPSA) is 98.7 Å². The van der Waals surface area contributed by atoms with Crippen molar-refractivity contribution in [3.63, 3.8) is 0 Å². The Morgan fingerprint density at radius 3 is 2.35 bits per heavy atom. The molecule has 0 fully saturated rings. The van der Waals surface area contributed by atoms with Gasteiger partial charge in [0.15, 0.2) is 0 Å². The fourth-order valence-electron chi connectivity index (χ4n) is 2.34. The lowest BCUT2D eigenvalue weighted by molar-refractivity contribution is -0.145. The van der Waals surface area contributed by atoms with Crippen molar-refractivity contribution >= 4 is 11.9 Å². The van der Waals surface area contributed by atoms with Crippen LogP contribution in [0, 0.1) is 5.92 Å². The van der Waals surface area contributed by atoms with Crippen LogP contribution in [0.3, 0.4) is 0 Å². The third-order valence-electron chi connectivity index (χ3n) is 3.59. The smallest absolute Gasteiger partial charge is 0.323 e. The first-order valence-corrected chi connectivity index (χ1v) is 7.61. The summed E-state index contributed by atoms with van der Waals surface area (Å²) in [5.41, 5.74) is 2.21. The minimum Gasteiger partial charge on any atom is -0.480 e. The number of carbonyl (C=O) groups is 2. The maximum atomic E-state index is 11.6. The summed E-state index contributed by atoms with van der Waals surface area (Å²) in [6.07, 6.45) is 1.10. The Morgan fingerprint density at radius 2 is 1.87 bits per heavy atom. The molecule has 1 aromatic rings. The zero-order valence-electron chi connectivity index (χ0n) is 14.6. The number of hydrogen-bond donors (Lipinski definition) is 4. The average molecular weight is 323 g/mol. The second kappa shape index (κ2) is 8.64. The van der Waals surface area contributed by atoms with Crippen LogP contribution in [-0.4, -0.2) is 27.7 Å². The SMILES string of the molecule is [2H]C[C@@](CC(C)C)(NCc1ccc(CCC(=O)NO)cc1)C(=O)O. The quantitative estimate of drug-likeness (QED) is 0.412.